The maximum atomic E-state index is 13.6. The van der Waals surface area contributed by atoms with E-state index in [1.165, 1.54) is 18.4 Å². The van der Waals surface area contributed by atoms with E-state index in [2.05, 4.69) is 60.5 Å². The Labute approximate surface area is 213 Å². The van der Waals surface area contributed by atoms with Crippen LogP contribution in [0.2, 0.25) is 0 Å². The zero-order valence-corrected chi connectivity index (χ0v) is 21.2. The van der Waals surface area contributed by atoms with Gasteiger partial charge in [0.1, 0.15) is 0 Å². The van der Waals surface area contributed by atoms with Gasteiger partial charge in [-0.3, -0.25) is 14.5 Å². The molecule has 3 aliphatic rings. The van der Waals surface area contributed by atoms with Crippen LogP contribution in [0.5, 0.6) is 0 Å². The number of carbonyl (C=O) groups is 2. The van der Waals surface area contributed by atoms with Gasteiger partial charge in [0, 0.05) is 24.2 Å². The minimum atomic E-state index is -0.0954. The lowest BCUT2D eigenvalue weighted by Gasteiger charge is -2.53. The van der Waals surface area contributed by atoms with Gasteiger partial charge in [0.15, 0.2) is 5.78 Å². The predicted octanol–water partition coefficient (Wildman–Crippen LogP) is 5.86. The molecular weight excluding hydrogens is 444 g/mol. The van der Waals surface area contributed by atoms with Gasteiger partial charge in [0.05, 0.1) is 6.04 Å². The van der Waals surface area contributed by atoms with Gasteiger partial charge in [-0.15, -0.1) is 0 Å². The molecule has 36 heavy (non-hydrogen) atoms. The Hall–Kier alpha value is -3.24. The van der Waals surface area contributed by atoms with Crippen molar-refractivity contribution in [2.45, 2.75) is 51.1 Å². The molecule has 3 atom stereocenters. The zero-order valence-electron chi connectivity index (χ0n) is 21.2. The number of amides is 1. The molecule has 0 spiro atoms. The summed E-state index contributed by atoms with van der Waals surface area (Å²) in [5, 5.41) is 3.08. The molecular formula is C32H34N2O2. The minimum Gasteiger partial charge on any atom is -0.348 e. The van der Waals surface area contributed by atoms with Gasteiger partial charge in [-0.25, -0.2) is 0 Å². The number of hydrogen-bond donors (Lipinski definition) is 1. The molecule has 0 unspecified atom stereocenters. The second-order valence-corrected chi connectivity index (χ2v) is 11.2. The summed E-state index contributed by atoms with van der Waals surface area (Å²) in [5.74, 6) is 1.16. The molecule has 1 saturated carbocycles. The second kappa shape index (κ2) is 9.01. The van der Waals surface area contributed by atoms with E-state index in [1.54, 1.807) is 0 Å². The molecule has 3 aromatic rings. The van der Waals surface area contributed by atoms with Crippen LogP contribution in [0.1, 0.15) is 65.0 Å². The van der Waals surface area contributed by atoms with E-state index in [1.807, 2.05) is 36.4 Å². The van der Waals surface area contributed by atoms with Gasteiger partial charge in [-0.2, -0.15) is 0 Å². The van der Waals surface area contributed by atoms with Crippen molar-refractivity contribution < 1.29 is 9.59 Å². The zero-order chi connectivity index (χ0) is 24.9. The van der Waals surface area contributed by atoms with Crippen molar-refractivity contribution in [1.82, 2.24) is 10.2 Å². The Bertz CT molecular complexity index is 1300. The van der Waals surface area contributed by atoms with E-state index >= 15 is 0 Å². The first-order valence-electron chi connectivity index (χ1n) is 13.3. The number of benzene rings is 3. The SMILES string of the molecule is C[C@H]1[C@@H]2C(=O)c3ccc(C(=O)NCc4ccc(-c5ccccc5)cc4)cc3[C@@]1(C)CCN2CC1CC1. The number of rotatable bonds is 6. The monoisotopic (exact) mass is 478 g/mol. The lowest BCUT2D eigenvalue weighted by atomic mass is 9.58. The Morgan fingerprint density at radius 3 is 2.44 bits per heavy atom. The molecule has 1 aliphatic heterocycles. The van der Waals surface area contributed by atoms with Crippen molar-refractivity contribution in [2.24, 2.45) is 11.8 Å². The van der Waals surface area contributed by atoms with E-state index in [9.17, 15) is 9.59 Å². The van der Waals surface area contributed by atoms with Crippen LogP contribution in [0.3, 0.4) is 0 Å². The largest absolute Gasteiger partial charge is 0.348 e. The van der Waals surface area contributed by atoms with Crippen LogP contribution in [-0.2, 0) is 12.0 Å². The first-order chi connectivity index (χ1) is 17.4. The van der Waals surface area contributed by atoms with Crippen LogP contribution < -0.4 is 5.32 Å². The van der Waals surface area contributed by atoms with Crippen LogP contribution in [0.15, 0.2) is 72.8 Å². The first-order valence-corrected chi connectivity index (χ1v) is 13.3. The molecule has 1 N–H and O–H groups in total. The smallest absolute Gasteiger partial charge is 0.251 e. The molecule has 4 heteroatoms. The van der Waals surface area contributed by atoms with Gasteiger partial charge >= 0.3 is 0 Å². The number of hydrogen-bond acceptors (Lipinski definition) is 3. The maximum absolute atomic E-state index is 13.6. The maximum Gasteiger partial charge on any atom is 0.251 e. The van der Waals surface area contributed by atoms with Crippen LogP contribution >= 0.6 is 0 Å². The normalized spacial score (nSPS) is 25.3. The third kappa shape index (κ3) is 4.08. The van der Waals surface area contributed by atoms with E-state index < -0.39 is 0 Å². The molecule has 4 nitrogen and oxygen atoms in total. The predicted molar refractivity (Wildman–Crippen MR) is 143 cm³/mol. The Morgan fingerprint density at radius 2 is 1.72 bits per heavy atom. The van der Waals surface area contributed by atoms with E-state index in [0.717, 1.165) is 47.7 Å². The fraction of sp³-hybridized carbons (Fsp3) is 0.375. The standard InChI is InChI=1S/C32H34N2O2/c1-21-29-30(35)27-15-14-26(18-28(27)32(21,2)16-17-34(29)20-23-8-9-23)31(36)33-19-22-10-12-25(13-11-22)24-6-4-3-5-7-24/h3-7,10-15,18,21,23,29H,8-9,16-17,19-20H2,1-2H3,(H,33,36)/t21-,29+,32-/m0/s1. The molecule has 184 valence electrons. The molecule has 1 saturated heterocycles. The fourth-order valence-corrected chi connectivity index (χ4v) is 6.28. The summed E-state index contributed by atoms with van der Waals surface area (Å²) in [6.07, 6.45) is 3.63. The number of nitrogens with one attached hydrogen (secondary N) is 1. The quantitative estimate of drug-likeness (QED) is 0.483. The Kier molecular flexibility index (Phi) is 5.80. The highest BCUT2D eigenvalue weighted by molar-refractivity contribution is 6.05. The number of ketones is 1. The number of carbonyl (C=O) groups excluding carboxylic acids is 2. The van der Waals surface area contributed by atoms with Crippen molar-refractivity contribution in [3.05, 3.63) is 95.1 Å². The summed E-state index contributed by atoms with van der Waals surface area (Å²) in [6.45, 7) is 7.01. The summed E-state index contributed by atoms with van der Waals surface area (Å²) in [4.78, 5) is 29.1. The molecule has 2 bridgehead atoms. The van der Waals surface area contributed by atoms with Crippen LogP contribution in [0, 0.1) is 11.8 Å². The number of fused-ring (bicyclic) bond motifs is 4. The molecule has 1 heterocycles. The van der Waals surface area contributed by atoms with Gasteiger partial charge in [-0.05, 0) is 77.4 Å². The van der Waals surface area contributed by atoms with Gasteiger partial charge in [-0.1, -0.05) is 74.5 Å². The van der Waals surface area contributed by atoms with Crippen molar-refractivity contribution in [2.75, 3.05) is 13.1 Å². The van der Waals surface area contributed by atoms with Gasteiger partial charge in [0.25, 0.3) is 5.91 Å². The Morgan fingerprint density at radius 1 is 1.00 bits per heavy atom. The average Bonchev–Trinajstić information content (AvgIpc) is 3.73. The van der Waals surface area contributed by atoms with Crippen LogP contribution in [-0.4, -0.2) is 35.7 Å². The summed E-state index contributed by atoms with van der Waals surface area (Å²) in [6, 6.07) is 24.3. The molecule has 2 aliphatic carbocycles. The van der Waals surface area contributed by atoms with Crippen molar-refractivity contribution in [3.8, 4) is 11.1 Å². The summed E-state index contributed by atoms with van der Waals surface area (Å²) in [5.41, 5.74) is 5.82. The lowest BCUT2D eigenvalue weighted by molar-refractivity contribution is 0.0265. The number of likely N-dealkylation sites (tertiary alicyclic amines) is 1. The highest BCUT2D eigenvalue weighted by atomic mass is 16.1. The lowest BCUT2D eigenvalue weighted by Crippen LogP contribution is -2.61. The highest BCUT2D eigenvalue weighted by Crippen LogP contribution is 2.49. The molecule has 1 amide bonds. The fourth-order valence-electron chi connectivity index (χ4n) is 6.28. The summed E-state index contributed by atoms with van der Waals surface area (Å²) < 4.78 is 0. The average molecular weight is 479 g/mol. The third-order valence-electron chi connectivity index (χ3n) is 8.93. The van der Waals surface area contributed by atoms with Gasteiger partial charge in [0.2, 0.25) is 0 Å². The molecule has 0 radical (unpaired) electrons. The second-order valence-electron chi connectivity index (χ2n) is 11.2. The first kappa shape index (κ1) is 23.2. The topological polar surface area (TPSA) is 49.4 Å². The minimum absolute atomic E-state index is 0.0321. The van der Waals surface area contributed by atoms with Crippen molar-refractivity contribution >= 4 is 11.7 Å². The van der Waals surface area contributed by atoms with Gasteiger partial charge < -0.3 is 5.32 Å². The summed E-state index contributed by atoms with van der Waals surface area (Å²) >= 11 is 0. The van der Waals surface area contributed by atoms with Crippen molar-refractivity contribution in [1.29, 1.82) is 0 Å². The van der Waals surface area contributed by atoms with E-state index in [4.69, 9.17) is 0 Å². The number of nitrogens with zero attached hydrogens (tertiary/aromatic N) is 1. The molecule has 3 aromatic carbocycles. The number of Topliss-reactive ketones (excluding diaryl/α,β-unsaturated/α-hetero) is 1. The highest BCUT2D eigenvalue weighted by Gasteiger charge is 2.53. The summed E-state index contributed by atoms with van der Waals surface area (Å²) in [7, 11) is 0. The van der Waals surface area contributed by atoms with Crippen molar-refractivity contribution in [3.63, 3.8) is 0 Å². The number of piperidine rings is 1. The third-order valence-corrected chi connectivity index (χ3v) is 8.93. The molecule has 0 aromatic heterocycles. The van der Waals surface area contributed by atoms with E-state index in [-0.39, 0.29) is 29.1 Å². The Balaban J connectivity index is 1.18. The van der Waals surface area contributed by atoms with E-state index in [0.29, 0.717) is 12.1 Å². The van der Waals surface area contributed by atoms with Crippen LogP contribution in [0.4, 0.5) is 0 Å². The molecule has 2 fully saturated rings. The molecule has 6 rings (SSSR count). The van der Waals surface area contributed by atoms with Crippen LogP contribution in [0.25, 0.3) is 11.1 Å².